The maximum Gasteiger partial charge on any atom is 0.161 e. The Morgan fingerprint density at radius 2 is 1.95 bits per heavy atom. The molecular weight excluding hydrogens is 240 g/mol. The average Bonchev–Trinajstić information content (AvgIpc) is 2.86. The van der Waals surface area contributed by atoms with E-state index in [1.165, 1.54) is 5.56 Å². The third-order valence-corrected chi connectivity index (χ3v) is 3.46. The molecule has 0 spiro atoms. The minimum Gasteiger partial charge on any atom is -0.486 e. The summed E-state index contributed by atoms with van der Waals surface area (Å²) < 4.78 is 13.2. The van der Waals surface area contributed by atoms with Crippen LogP contribution in [0, 0.1) is 0 Å². The van der Waals surface area contributed by atoms with Crippen LogP contribution in [0.2, 0.25) is 0 Å². The van der Waals surface area contributed by atoms with E-state index in [4.69, 9.17) is 15.2 Å². The Morgan fingerprint density at radius 1 is 1.16 bits per heavy atom. The molecule has 3 rings (SSSR count). The van der Waals surface area contributed by atoms with Gasteiger partial charge in [-0.15, -0.1) is 0 Å². The van der Waals surface area contributed by atoms with Gasteiger partial charge in [-0.1, -0.05) is 6.07 Å². The normalized spacial score (nSPS) is 15.3. The molecule has 0 amide bonds. The van der Waals surface area contributed by atoms with Gasteiger partial charge in [0.05, 0.1) is 0 Å². The molecule has 4 nitrogen and oxygen atoms in total. The fourth-order valence-corrected chi connectivity index (χ4v) is 2.47. The summed E-state index contributed by atoms with van der Waals surface area (Å²) in [6.07, 6.45) is 4.14. The van der Waals surface area contributed by atoms with Crippen LogP contribution in [-0.2, 0) is 7.05 Å². The first-order valence-corrected chi connectivity index (χ1v) is 6.49. The molecule has 2 aromatic rings. The zero-order valence-corrected chi connectivity index (χ0v) is 11.0. The predicted molar refractivity (Wildman–Crippen MR) is 73.7 cm³/mol. The van der Waals surface area contributed by atoms with Crippen molar-refractivity contribution in [3.8, 4) is 11.5 Å². The van der Waals surface area contributed by atoms with Crippen LogP contribution < -0.4 is 15.2 Å². The van der Waals surface area contributed by atoms with Crippen molar-refractivity contribution >= 4 is 0 Å². The third kappa shape index (κ3) is 2.31. The zero-order valence-electron chi connectivity index (χ0n) is 11.0. The molecule has 19 heavy (non-hydrogen) atoms. The molecule has 1 aliphatic rings. The summed E-state index contributed by atoms with van der Waals surface area (Å²) in [5.74, 6) is 1.83. The second-order valence-corrected chi connectivity index (χ2v) is 4.80. The van der Waals surface area contributed by atoms with Crippen molar-refractivity contribution in [1.29, 1.82) is 0 Å². The third-order valence-electron chi connectivity index (χ3n) is 3.46. The standard InChI is InChI=1S/C15H18N2O2/c1-17-5-4-12(10-17)13(9-16)11-2-3-14-15(8-11)19-7-6-18-14/h2-5,8,10,13H,6-7,9,16H2,1H3. The minimum absolute atomic E-state index is 0.192. The number of aryl methyl sites for hydroxylation is 1. The van der Waals surface area contributed by atoms with Crippen LogP contribution in [0.3, 0.4) is 0 Å². The van der Waals surface area contributed by atoms with Gasteiger partial charge in [-0.25, -0.2) is 0 Å². The van der Waals surface area contributed by atoms with Crippen molar-refractivity contribution in [2.45, 2.75) is 5.92 Å². The number of fused-ring (bicyclic) bond motifs is 1. The van der Waals surface area contributed by atoms with Gasteiger partial charge < -0.3 is 19.8 Å². The molecule has 4 heteroatoms. The second kappa shape index (κ2) is 4.97. The van der Waals surface area contributed by atoms with Gasteiger partial charge in [0, 0.05) is 31.9 Å². The molecule has 0 saturated heterocycles. The van der Waals surface area contributed by atoms with Crippen LogP contribution >= 0.6 is 0 Å². The van der Waals surface area contributed by atoms with E-state index in [0.29, 0.717) is 19.8 Å². The summed E-state index contributed by atoms with van der Waals surface area (Å²) >= 11 is 0. The molecule has 0 aliphatic carbocycles. The number of hydrogen-bond donors (Lipinski definition) is 1. The van der Waals surface area contributed by atoms with E-state index in [0.717, 1.165) is 17.1 Å². The summed E-state index contributed by atoms with van der Waals surface area (Å²) in [5.41, 5.74) is 8.33. The van der Waals surface area contributed by atoms with Crippen molar-refractivity contribution in [1.82, 2.24) is 4.57 Å². The molecule has 0 bridgehead atoms. The lowest BCUT2D eigenvalue weighted by Crippen LogP contribution is -2.17. The van der Waals surface area contributed by atoms with E-state index < -0.39 is 0 Å². The molecule has 1 aliphatic heterocycles. The first-order chi connectivity index (χ1) is 9.28. The molecule has 100 valence electrons. The molecule has 0 fully saturated rings. The fourth-order valence-electron chi connectivity index (χ4n) is 2.47. The monoisotopic (exact) mass is 258 g/mol. The number of nitrogens with zero attached hydrogens (tertiary/aromatic N) is 1. The van der Waals surface area contributed by atoms with E-state index in [1.807, 2.05) is 29.9 Å². The molecule has 0 saturated carbocycles. The summed E-state index contributed by atoms with van der Waals surface area (Å²) in [6, 6.07) is 8.18. The predicted octanol–water partition coefficient (Wildman–Crippen LogP) is 1.89. The van der Waals surface area contributed by atoms with E-state index in [9.17, 15) is 0 Å². The molecule has 1 atom stereocenters. The Bertz CT molecular complexity index is 577. The number of benzene rings is 1. The number of hydrogen-bond acceptors (Lipinski definition) is 3. The van der Waals surface area contributed by atoms with E-state index >= 15 is 0 Å². The molecule has 2 heterocycles. The van der Waals surface area contributed by atoms with Gasteiger partial charge in [0.25, 0.3) is 0 Å². The van der Waals surface area contributed by atoms with Crippen molar-refractivity contribution in [2.75, 3.05) is 19.8 Å². The topological polar surface area (TPSA) is 49.4 Å². The summed E-state index contributed by atoms with van der Waals surface area (Å²) in [7, 11) is 2.01. The average molecular weight is 258 g/mol. The quantitative estimate of drug-likeness (QED) is 0.914. The molecular formula is C15H18N2O2. The van der Waals surface area contributed by atoms with Crippen molar-refractivity contribution in [2.24, 2.45) is 12.8 Å². The lowest BCUT2D eigenvalue weighted by Gasteiger charge is -2.21. The SMILES string of the molecule is Cn1ccc(C(CN)c2ccc3c(c2)OCCO3)c1. The molecule has 1 aromatic carbocycles. The van der Waals surface area contributed by atoms with Gasteiger partial charge in [-0.2, -0.15) is 0 Å². The Kier molecular flexibility index (Phi) is 3.17. The summed E-state index contributed by atoms with van der Waals surface area (Å²) in [5, 5.41) is 0. The maximum absolute atomic E-state index is 5.94. The largest absolute Gasteiger partial charge is 0.486 e. The highest BCUT2D eigenvalue weighted by molar-refractivity contribution is 5.46. The first-order valence-electron chi connectivity index (χ1n) is 6.49. The molecule has 0 radical (unpaired) electrons. The fraction of sp³-hybridized carbons (Fsp3) is 0.333. The van der Waals surface area contributed by atoms with Gasteiger partial charge in [0.1, 0.15) is 13.2 Å². The van der Waals surface area contributed by atoms with Crippen molar-refractivity contribution in [3.63, 3.8) is 0 Å². The Labute approximate surface area is 112 Å². The van der Waals surface area contributed by atoms with Crippen LogP contribution in [0.15, 0.2) is 36.7 Å². The van der Waals surface area contributed by atoms with Crippen molar-refractivity contribution < 1.29 is 9.47 Å². The maximum atomic E-state index is 5.94. The first kappa shape index (κ1) is 12.1. The zero-order chi connectivity index (χ0) is 13.2. The molecule has 1 aromatic heterocycles. The van der Waals surface area contributed by atoms with Gasteiger partial charge >= 0.3 is 0 Å². The Hall–Kier alpha value is -1.94. The smallest absolute Gasteiger partial charge is 0.161 e. The van der Waals surface area contributed by atoms with E-state index in [2.05, 4.69) is 18.3 Å². The van der Waals surface area contributed by atoms with Crippen LogP contribution in [-0.4, -0.2) is 24.3 Å². The minimum atomic E-state index is 0.192. The number of nitrogens with two attached hydrogens (primary N) is 1. The summed E-state index contributed by atoms with van der Waals surface area (Å²) in [4.78, 5) is 0. The van der Waals surface area contributed by atoms with Crippen LogP contribution in [0.4, 0.5) is 0 Å². The van der Waals surface area contributed by atoms with E-state index in [1.54, 1.807) is 0 Å². The van der Waals surface area contributed by atoms with Crippen LogP contribution in [0.25, 0.3) is 0 Å². The Balaban J connectivity index is 1.95. The van der Waals surface area contributed by atoms with Crippen LogP contribution in [0.1, 0.15) is 17.0 Å². The van der Waals surface area contributed by atoms with Gasteiger partial charge in [0.15, 0.2) is 11.5 Å². The number of ether oxygens (including phenoxy) is 2. The van der Waals surface area contributed by atoms with Crippen LogP contribution in [0.5, 0.6) is 11.5 Å². The highest BCUT2D eigenvalue weighted by Crippen LogP contribution is 2.34. The van der Waals surface area contributed by atoms with Gasteiger partial charge in [-0.3, -0.25) is 0 Å². The highest BCUT2D eigenvalue weighted by atomic mass is 16.6. The number of rotatable bonds is 3. The lowest BCUT2D eigenvalue weighted by atomic mass is 9.93. The van der Waals surface area contributed by atoms with Gasteiger partial charge in [0.2, 0.25) is 0 Å². The lowest BCUT2D eigenvalue weighted by molar-refractivity contribution is 0.171. The van der Waals surface area contributed by atoms with Crippen molar-refractivity contribution in [3.05, 3.63) is 47.8 Å². The number of aromatic nitrogens is 1. The van der Waals surface area contributed by atoms with Gasteiger partial charge in [-0.05, 0) is 29.3 Å². The molecule has 1 unspecified atom stereocenters. The highest BCUT2D eigenvalue weighted by Gasteiger charge is 2.18. The molecule has 2 N–H and O–H groups in total. The summed E-state index contributed by atoms with van der Waals surface area (Å²) in [6.45, 7) is 1.80. The second-order valence-electron chi connectivity index (χ2n) is 4.80. The van der Waals surface area contributed by atoms with E-state index in [-0.39, 0.29) is 5.92 Å². The Morgan fingerprint density at radius 3 is 2.63 bits per heavy atom.